The van der Waals surface area contributed by atoms with Crippen LogP contribution in [0.5, 0.6) is 0 Å². The van der Waals surface area contributed by atoms with Crippen molar-refractivity contribution >= 4 is 11.7 Å². The van der Waals surface area contributed by atoms with Crippen LogP contribution in [-0.4, -0.2) is 37.4 Å². The third-order valence-corrected chi connectivity index (χ3v) is 4.44. The van der Waals surface area contributed by atoms with E-state index in [2.05, 4.69) is 19.9 Å². The van der Waals surface area contributed by atoms with Crippen molar-refractivity contribution in [3.63, 3.8) is 0 Å². The van der Waals surface area contributed by atoms with Gasteiger partial charge in [-0.15, -0.1) is 0 Å². The number of aromatic nitrogens is 5. The van der Waals surface area contributed by atoms with Crippen LogP contribution in [0.25, 0.3) is 5.78 Å². The fourth-order valence-electron chi connectivity index (χ4n) is 3.22. The van der Waals surface area contributed by atoms with Crippen LogP contribution in [0, 0.1) is 0 Å². The molecule has 0 N–H and O–H groups in total. The highest BCUT2D eigenvalue weighted by Crippen LogP contribution is 2.34. The minimum absolute atomic E-state index is 0.000706. The van der Waals surface area contributed by atoms with Gasteiger partial charge >= 0.3 is 6.18 Å². The second kappa shape index (κ2) is 5.98. The fourth-order valence-corrected chi connectivity index (χ4v) is 3.22. The molecule has 1 aliphatic rings. The summed E-state index contributed by atoms with van der Waals surface area (Å²) in [7, 11) is 0. The van der Waals surface area contributed by atoms with Crippen molar-refractivity contribution in [2.45, 2.75) is 24.9 Å². The SMILES string of the molecule is FC(F)(F)c1cc(C2CCN(c3ncccn3)CC2)n2ccnc2n1. The van der Waals surface area contributed by atoms with Crippen LogP contribution in [-0.2, 0) is 6.18 Å². The predicted octanol–water partition coefficient (Wildman–Crippen LogP) is 2.92. The van der Waals surface area contributed by atoms with Crippen LogP contribution >= 0.6 is 0 Å². The van der Waals surface area contributed by atoms with E-state index in [1.165, 1.54) is 6.20 Å². The summed E-state index contributed by atoms with van der Waals surface area (Å²) in [5, 5.41) is 0. The van der Waals surface area contributed by atoms with Gasteiger partial charge in [0.15, 0.2) is 0 Å². The molecule has 130 valence electrons. The Morgan fingerprint density at radius 1 is 1.00 bits per heavy atom. The summed E-state index contributed by atoms with van der Waals surface area (Å²) in [6, 6.07) is 2.90. The molecule has 0 bridgehead atoms. The summed E-state index contributed by atoms with van der Waals surface area (Å²) in [5.74, 6) is 0.735. The lowest BCUT2D eigenvalue weighted by Gasteiger charge is -2.32. The van der Waals surface area contributed by atoms with Gasteiger partial charge < -0.3 is 4.90 Å². The number of hydrogen-bond acceptors (Lipinski definition) is 5. The molecule has 9 heteroatoms. The first-order valence-corrected chi connectivity index (χ1v) is 7.95. The highest BCUT2D eigenvalue weighted by Gasteiger charge is 2.35. The van der Waals surface area contributed by atoms with Gasteiger partial charge in [0.25, 0.3) is 0 Å². The largest absolute Gasteiger partial charge is 0.433 e. The standard InChI is InChI=1S/C16H15F3N6/c17-16(18,19)13-10-12(25-9-6-22-15(25)23-13)11-2-7-24(8-3-11)14-20-4-1-5-21-14/h1,4-6,9-11H,2-3,7-8H2. The number of hydrogen-bond donors (Lipinski definition) is 0. The number of halogens is 3. The molecular formula is C16H15F3N6. The number of imidazole rings is 1. The summed E-state index contributed by atoms with van der Waals surface area (Å²) in [6.07, 6.45) is 3.44. The van der Waals surface area contributed by atoms with Crippen molar-refractivity contribution < 1.29 is 13.2 Å². The Labute approximate surface area is 141 Å². The van der Waals surface area contributed by atoms with Gasteiger partial charge in [0.05, 0.1) is 0 Å². The molecular weight excluding hydrogens is 333 g/mol. The van der Waals surface area contributed by atoms with Crippen LogP contribution in [0.4, 0.5) is 19.1 Å². The number of rotatable bonds is 2. The molecule has 1 saturated heterocycles. The molecule has 0 radical (unpaired) electrons. The summed E-state index contributed by atoms with van der Waals surface area (Å²) in [5.41, 5.74) is -0.293. The summed E-state index contributed by atoms with van der Waals surface area (Å²) in [4.78, 5) is 18.1. The topological polar surface area (TPSA) is 59.2 Å². The molecule has 25 heavy (non-hydrogen) atoms. The monoisotopic (exact) mass is 348 g/mol. The first-order chi connectivity index (χ1) is 12.0. The minimum Gasteiger partial charge on any atom is -0.341 e. The Bertz CT molecular complexity index is 868. The maximum Gasteiger partial charge on any atom is 0.433 e. The molecule has 3 aromatic heterocycles. The molecule has 1 fully saturated rings. The average Bonchev–Trinajstić information content (AvgIpc) is 3.10. The normalized spacial score (nSPS) is 16.5. The second-order valence-electron chi connectivity index (χ2n) is 5.97. The Hall–Kier alpha value is -2.71. The van der Waals surface area contributed by atoms with E-state index in [1.54, 1.807) is 29.1 Å². The van der Waals surface area contributed by atoms with Crippen LogP contribution in [0.15, 0.2) is 36.9 Å². The Morgan fingerprint density at radius 3 is 2.40 bits per heavy atom. The second-order valence-corrected chi connectivity index (χ2v) is 5.97. The van der Waals surface area contributed by atoms with Crippen LogP contribution in [0.1, 0.15) is 30.1 Å². The summed E-state index contributed by atoms with van der Waals surface area (Å²) < 4.78 is 41.0. The Kier molecular flexibility index (Phi) is 3.78. The lowest BCUT2D eigenvalue weighted by atomic mass is 9.92. The zero-order valence-corrected chi connectivity index (χ0v) is 13.2. The van der Waals surface area contributed by atoms with E-state index < -0.39 is 11.9 Å². The first-order valence-electron chi connectivity index (χ1n) is 7.95. The number of fused-ring (bicyclic) bond motifs is 1. The fraction of sp³-hybridized carbons (Fsp3) is 0.375. The maximum absolute atomic E-state index is 13.1. The van der Waals surface area contributed by atoms with Gasteiger partial charge in [-0.1, -0.05) is 0 Å². The van der Waals surface area contributed by atoms with Gasteiger partial charge in [-0.2, -0.15) is 13.2 Å². The molecule has 0 unspecified atom stereocenters. The zero-order chi connectivity index (χ0) is 17.4. The van der Waals surface area contributed by atoms with Gasteiger partial charge in [-0.25, -0.2) is 19.9 Å². The van der Waals surface area contributed by atoms with E-state index in [1.807, 2.05) is 4.90 Å². The molecule has 0 atom stereocenters. The molecule has 6 nitrogen and oxygen atoms in total. The first kappa shape index (κ1) is 15.8. The van der Waals surface area contributed by atoms with Crippen molar-refractivity contribution in [1.82, 2.24) is 24.3 Å². The third kappa shape index (κ3) is 3.01. The van der Waals surface area contributed by atoms with Crippen molar-refractivity contribution in [1.29, 1.82) is 0 Å². The zero-order valence-electron chi connectivity index (χ0n) is 13.2. The quantitative estimate of drug-likeness (QED) is 0.713. The van der Waals surface area contributed by atoms with E-state index in [0.29, 0.717) is 37.6 Å². The predicted molar refractivity (Wildman–Crippen MR) is 84.2 cm³/mol. The van der Waals surface area contributed by atoms with Gasteiger partial charge in [-0.3, -0.25) is 4.40 Å². The Morgan fingerprint density at radius 2 is 1.72 bits per heavy atom. The molecule has 4 rings (SSSR count). The van der Waals surface area contributed by atoms with E-state index in [-0.39, 0.29) is 11.7 Å². The van der Waals surface area contributed by atoms with Crippen molar-refractivity contribution in [3.8, 4) is 0 Å². The number of nitrogens with zero attached hydrogens (tertiary/aromatic N) is 6. The number of piperidine rings is 1. The highest BCUT2D eigenvalue weighted by atomic mass is 19.4. The van der Waals surface area contributed by atoms with Crippen molar-refractivity contribution in [2.24, 2.45) is 0 Å². The average molecular weight is 348 g/mol. The van der Waals surface area contributed by atoms with E-state index in [0.717, 1.165) is 6.07 Å². The lowest BCUT2D eigenvalue weighted by Crippen LogP contribution is -2.34. The van der Waals surface area contributed by atoms with Crippen LogP contribution in [0.2, 0.25) is 0 Å². The molecule has 0 saturated carbocycles. The van der Waals surface area contributed by atoms with Crippen molar-refractivity contribution in [2.75, 3.05) is 18.0 Å². The third-order valence-electron chi connectivity index (χ3n) is 4.44. The van der Waals surface area contributed by atoms with E-state index in [4.69, 9.17) is 0 Å². The summed E-state index contributed by atoms with van der Waals surface area (Å²) >= 11 is 0. The Balaban J connectivity index is 1.61. The molecule has 0 aliphatic carbocycles. The number of anilines is 1. The van der Waals surface area contributed by atoms with Crippen LogP contribution in [0.3, 0.4) is 0 Å². The van der Waals surface area contributed by atoms with Crippen LogP contribution < -0.4 is 4.90 Å². The molecule has 4 heterocycles. The van der Waals surface area contributed by atoms with E-state index in [9.17, 15) is 13.2 Å². The molecule has 3 aromatic rings. The van der Waals surface area contributed by atoms with Gasteiger partial charge in [0.1, 0.15) is 5.69 Å². The molecule has 0 aromatic carbocycles. The van der Waals surface area contributed by atoms with Crippen molar-refractivity contribution in [3.05, 3.63) is 48.3 Å². The molecule has 0 amide bonds. The van der Waals surface area contributed by atoms with Gasteiger partial charge in [-0.05, 0) is 25.0 Å². The molecule has 0 spiro atoms. The smallest absolute Gasteiger partial charge is 0.341 e. The highest BCUT2D eigenvalue weighted by molar-refractivity contribution is 5.36. The molecule has 1 aliphatic heterocycles. The summed E-state index contributed by atoms with van der Waals surface area (Å²) in [6.45, 7) is 1.38. The number of alkyl halides is 3. The van der Waals surface area contributed by atoms with Gasteiger partial charge in [0.2, 0.25) is 11.7 Å². The van der Waals surface area contributed by atoms with E-state index >= 15 is 0 Å². The maximum atomic E-state index is 13.1. The lowest BCUT2D eigenvalue weighted by molar-refractivity contribution is -0.141. The minimum atomic E-state index is -4.49. The van der Waals surface area contributed by atoms with Gasteiger partial charge in [0, 0.05) is 49.5 Å².